The summed E-state index contributed by atoms with van der Waals surface area (Å²) in [5.41, 5.74) is 0.718. The van der Waals surface area contributed by atoms with E-state index in [9.17, 15) is 9.59 Å². The van der Waals surface area contributed by atoms with Gasteiger partial charge in [0.2, 0.25) is 5.91 Å². The minimum Gasteiger partial charge on any atom is -0.497 e. The highest BCUT2D eigenvalue weighted by Crippen LogP contribution is 2.23. The lowest BCUT2D eigenvalue weighted by molar-refractivity contribution is -0.131. The minimum absolute atomic E-state index is 0. The maximum Gasteiger partial charge on any atom is 0.236 e. The third-order valence-corrected chi connectivity index (χ3v) is 3.92. The molecule has 0 aliphatic carbocycles. The number of carbonyl (C=O) groups is 2. The topological polar surface area (TPSA) is 58.6 Å². The Morgan fingerprint density at radius 2 is 1.82 bits per heavy atom. The van der Waals surface area contributed by atoms with Crippen molar-refractivity contribution in [2.24, 2.45) is 5.92 Å². The van der Waals surface area contributed by atoms with Crippen molar-refractivity contribution in [3.63, 3.8) is 0 Å². The van der Waals surface area contributed by atoms with Crippen LogP contribution in [-0.4, -0.2) is 50.4 Å². The van der Waals surface area contributed by atoms with Crippen molar-refractivity contribution in [3.05, 3.63) is 29.8 Å². The van der Waals surface area contributed by atoms with Gasteiger partial charge in [0.05, 0.1) is 13.7 Å². The average molecular weight is 327 g/mol. The fraction of sp³-hybridized carbons (Fsp3) is 0.500. The van der Waals surface area contributed by atoms with E-state index in [2.05, 4.69) is 5.32 Å². The molecule has 1 N–H and O–H groups in total. The molecule has 2 rings (SSSR count). The van der Waals surface area contributed by atoms with Crippen LogP contribution in [0.1, 0.15) is 23.2 Å². The molecule has 5 nitrogen and oxygen atoms in total. The van der Waals surface area contributed by atoms with Gasteiger partial charge in [-0.05, 0) is 44.2 Å². The third kappa shape index (κ3) is 4.45. The molecular formula is C16H23ClN2O3. The van der Waals surface area contributed by atoms with Crippen LogP contribution in [0.15, 0.2) is 24.3 Å². The Hall–Kier alpha value is -1.59. The van der Waals surface area contributed by atoms with E-state index in [4.69, 9.17) is 4.74 Å². The molecule has 22 heavy (non-hydrogen) atoms. The van der Waals surface area contributed by atoms with E-state index >= 15 is 0 Å². The summed E-state index contributed by atoms with van der Waals surface area (Å²) in [6, 6.07) is 7.22. The number of halogens is 1. The van der Waals surface area contributed by atoms with E-state index < -0.39 is 0 Å². The van der Waals surface area contributed by atoms with E-state index in [0.717, 1.165) is 24.2 Å². The predicted molar refractivity (Wildman–Crippen MR) is 87.8 cm³/mol. The summed E-state index contributed by atoms with van der Waals surface area (Å²) in [6.07, 6.45) is 1.47. The lowest BCUT2D eigenvalue weighted by Crippen LogP contribution is -2.43. The molecule has 1 amide bonds. The standard InChI is InChI=1S/C16H22N2O3.ClH/c1-17-11-15(19)18-9-7-13(8-10-18)16(20)12-3-5-14(21-2)6-4-12;/h3-6,13,17H,7-11H2,1-2H3;1H. The Kier molecular flexibility index (Phi) is 7.35. The molecule has 1 heterocycles. The Bertz CT molecular complexity index is 497. The molecule has 0 radical (unpaired) electrons. The number of nitrogens with one attached hydrogen (secondary N) is 1. The van der Waals surface area contributed by atoms with Gasteiger partial charge in [0.15, 0.2) is 5.78 Å². The number of piperidine rings is 1. The highest BCUT2D eigenvalue weighted by molar-refractivity contribution is 5.98. The van der Waals surface area contributed by atoms with E-state index in [1.165, 1.54) is 0 Å². The highest BCUT2D eigenvalue weighted by Gasteiger charge is 2.27. The van der Waals surface area contributed by atoms with E-state index in [-0.39, 0.29) is 30.0 Å². The van der Waals surface area contributed by atoms with Gasteiger partial charge in [-0.1, -0.05) is 0 Å². The third-order valence-electron chi connectivity index (χ3n) is 3.92. The van der Waals surface area contributed by atoms with Crippen molar-refractivity contribution >= 4 is 24.1 Å². The first-order chi connectivity index (χ1) is 10.2. The second-order valence-electron chi connectivity index (χ2n) is 5.28. The van der Waals surface area contributed by atoms with Crippen LogP contribution in [0, 0.1) is 5.92 Å². The number of ketones is 1. The zero-order chi connectivity index (χ0) is 15.2. The lowest BCUT2D eigenvalue weighted by Gasteiger charge is -2.31. The summed E-state index contributed by atoms with van der Waals surface area (Å²) in [5, 5.41) is 2.87. The quantitative estimate of drug-likeness (QED) is 0.838. The van der Waals surface area contributed by atoms with Gasteiger partial charge in [0, 0.05) is 24.6 Å². The molecule has 0 unspecified atom stereocenters. The molecule has 1 saturated heterocycles. The molecule has 0 bridgehead atoms. The van der Waals surface area contributed by atoms with Crippen LogP contribution < -0.4 is 10.1 Å². The monoisotopic (exact) mass is 326 g/mol. The Balaban J connectivity index is 0.00000242. The first-order valence-electron chi connectivity index (χ1n) is 7.26. The van der Waals surface area contributed by atoms with Gasteiger partial charge in [0.25, 0.3) is 0 Å². The summed E-state index contributed by atoms with van der Waals surface area (Å²) < 4.78 is 5.10. The van der Waals surface area contributed by atoms with Gasteiger partial charge in [-0.15, -0.1) is 12.4 Å². The van der Waals surface area contributed by atoms with Crippen molar-refractivity contribution in [1.29, 1.82) is 0 Å². The van der Waals surface area contributed by atoms with E-state index in [0.29, 0.717) is 19.6 Å². The van der Waals surface area contributed by atoms with Gasteiger partial charge < -0.3 is 15.0 Å². The van der Waals surface area contributed by atoms with Gasteiger partial charge in [-0.3, -0.25) is 9.59 Å². The fourth-order valence-electron chi connectivity index (χ4n) is 2.65. The molecule has 1 aliphatic rings. The van der Waals surface area contributed by atoms with Crippen LogP contribution in [0.4, 0.5) is 0 Å². The summed E-state index contributed by atoms with van der Waals surface area (Å²) >= 11 is 0. The molecule has 0 aromatic heterocycles. The SMILES string of the molecule is CNCC(=O)N1CCC(C(=O)c2ccc(OC)cc2)CC1.Cl. The summed E-state index contributed by atoms with van der Waals surface area (Å²) in [4.78, 5) is 26.1. The van der Waals surface area contributed by atoms with E-state index in [1.54, 1.807) is 38.4 Å². The van der Waals surface area contributed by atoms with Crippen LogP contribution in [0.3, 0.4) is 0 Å². The fourth-order valence-corrected chi connectivity index (χ4v) is 2.65. The van der Waals surface area contributed by atoms with Gasteiger partial charge in [-0.25, -0.2) is 0 Å². The number of likely N-dealkylation sites (tertiary alicyclic amines) is 1. The number of likely N-dealkylation sites (N-methyl/N-ethyl adjacent to an activating group) is 1. The predicted octanol–water partition coefficient (Wildman–Crippen LogP) is 1.76. The molecule has 1 aromatic rings. The second-order valence-corrected chi connectivity index (χ2v) is 5.28. The summed E-state index contributed by atoms with van der Waals surface area (Å²) in [6.45, 7) is 1.68. The molecule has 122 valence electrons. The van der Waals surface area contributed by atoms with Gasteiger partial charge in [-0.2, -0.15) is 0 Å². The van der Waals surface area contributed by atoms with Crippen LogP contribution in [0.2, 0.25) is 0 Å². The number of methoxy groups -OCH3 is 1. The number of hydrogen-bond donors (Lipinski definition) is 1. The molecule has 0 spiro atoms. The number of nitrogens with zero attached hydrogens (tertiary/aromatic N) is 1. The largest absolute Gasteiger partial charge is 0.497 e. The number of benzene rings is 1. The van der Waals surface area contributed by atoms with Crippen molar-refractivity contribution in [3.8, 4) is 5.75 Å². The van der Waals surface area contributed by atoms with Crippen LogP contribution in [0.5, 0.6) is 5.75 Å². The maximum absolute atomic E-state index is 12.4. The Morgan fingerprint density at radius 1 is 1.23 bits per heavy atom. The first-order valence-corrected chi connectivity index (χ1v) is 7.26. The minimum atomic E-state index is 0. The molecule has 1 aromatic carbocycles. The van der Waals surface area contributed by atoms with Gasteiger partial charge in [0.1, 0.15) is 5.75 Å². The average Bonchev–Trinajstić information content (AvgIpc) is 2.54. The Labute approximate surface area is 137 Å². The van der Waals surface area contributed by atoms with Crippen LogP contribution >= 0.6 is 12.4 Å². The second kappa shape index (κ2) is 8.76. The summed E-state index contributed by atoms with van der Waals surface area (Å²) in [7, 11) is 3.37. The number of carbonyl (C=O) groups excluding carboxylic acids is 2. The normalized spacial score (nSPS) is 15.1. The number of ether oxygens (including phenoxy) is 1. The molecule has 1 fully saturated rings. The van der Waals surface area contributed by atoms with Crippen molar-refractivity contribution in [2.75, 3.05) is 33.8 Å². The smallest absolute Gasteiger partial charge is 0.236 e. The van der Waals surface area contributed by atoms with Crippen molar-refractivity contribution in [1.82, 2.24) is 10.2 Å². The molecular weight excluding hydrogens is 304 g/mol. The number of rotatable bonds is 5. The molecule has 0 saturated carbocycles. The van der Waals surface area contributed by atoms with E-state index in [1.807, 2.05) is 4.90 Å². The summed E-state index contributed by atoms with van der Waals surface area (Å²) in [5.74, 6) is 1.03. The zero-order valence-corrected chi connectivity index (χ0v) is 13.8. The highest BCUT2D eigenvalue weighted by atomic mass is 35.5. The number of amides is 1. The van der Waals surface area contributed by atoms with Crippen LogP contribution in [-0.2, 0) is 4.79 Å². The molecule has 1 aliphatic heterocycles. The molecule has 0 atom stereocenters. The molecule has 6 heteroatoms. The zero-order valence-electron chi connectivity index (χ0n) is 13.0. The number of hydrogen-bond acceptors (Lipinski definition) is 4. The van der Waals surface area contributed by atoms with Crippen molar-refractivity contribution in [2.45, 2.75) is 12.8 Å². The Morgan fingerprint density at radius 3 is 2.32 bits per heavy atom. The number of Topliss-reactive ketones (excluding diaryl/α,β-unsaturated/α-hetero) is 1. The van der Waals surface area contributed by atoms with Crippen LogP contribution in [0.25, 0.3) is 0 Å². The van der Waals surface area contributed by atoms with Gasteiger partial charge >= 0.3 is 0 Å². The lowest BCUT2D eigenvalue weighted by atomic mass is 9.89. The first kappa shape index (κ1) is 18.5. The maximum atomic E-state index is 12.4. The van der Waals surface area contributed by atoms with Crippen molar-refractivity contribution < 1.29 is 14.3 Å².